The van der Waals surface area contributed by atoms with Gasteiger partial charge >= 0.3 is 0 Å². The first kappa shape index (κ1) is 22.4. The molecule has 0 N–H and O–H groups in total. The van der Waals surface area contributed by atoms with Crippen LogP contribution in [0.15, 0.2) is 89.0 Å². The van der Waals surface area contributed by atoms with Gasteiger partial charge in [-0.3, -0.25) is 19.1 Å². The highest BCUT2D eigenvalue weighted by molar-refractivity contribution is 7.14. The molecule has 0 aliphatic carbocycles. The maximum Gasteiger partial charge on any atom is 0.266 e. The predicted octanol–water partition coefficient (Wildman–Crippen LogP) is 5.84. The van der Waals surface area contributed by atoms with E-state index >= 15 is 0 Å². The third-order valence-corrected chi connectivity index (χ3v) is 6.17. The van der Waals surface area contributed by atoms with Gasteiger partial charge in [0.25, 0.3) is 5.56 Å². The molecule has 2 heterocycles. The highest BCUT2D eigenvalue weighted by atomic mass is 32.1. The minimum absolute atomic E-state index is 0.138. The topological polar surface area (TPSA) is 68.1 Å². The van der Waals surface area contributed by atoms with Gasteiger partial charge in [-0.2, -0.15) is 0 Å². The van der Waals surface area contributed by atoms with E-state index in [4.69, 9.17) is 4.98 Å². The summed E-state index contributed by atoms with van der Waals surface area (Å²) in [4.78, 5) is 36.1. The van der Waals surface area contributed by atoms with Crippen molar-refractivity contribution in [2.45, 2.75) is 6.92 Å². The van der Waals surface area contributed by atoms with Crippen molar-refractivity contribution in [3.05, 3.63) is 112 Å². The molecule has 0 radical (unpaired) electrons. The van der Waals surface area contributed by atoms with Crippen LogP contribution in [0, 0.1) is 5.82 Å². The number of halogens is 1. The Balaban J connectivity index is 1.57. The molecule has 0 fully saturated rings. The van der Waals surface area contributed by atoms with Gasteiger partial charge in [0.05, 0.1) is 28.0 Å². The predicted molar refractivity (Wildman–Crippen MR) is 138 cm³/mol. The van der Waals surface area contributed by atoms with Crippen molar-refractivity contribution in [3.8, 4) is 5.69 Å². The minimum atomic E-state index is -0.512. The first-order valence-electron chi connectivity index (χ1n) is 10.8. The fraction of sp³-hybridized carbons (Fsp3) is 0.0370. The van der Waals surface area contributed by atoms with Crippen LogP contribution >= 0.6 is 11.3 Å². The first-order chi connectivity index (χ1) is 17.0. The molecule has 0 saturated carbocycles. The van der Waals surface area contributed by atoms with Gasteiger partial charge in [0.15, 0.2) is 5.13 Å². The minimum Gasteiger partial charge on any atom is -0.274 e. The van der Waals surface area contributed by atoms with E-state index in [1.165, 1.54) is 35.3 Å². The zero-order valence-corrected chi connectivity index (χ0v) is 19.4. The Hall–Kier alpha value is -4.43. The van der Waals surface area contributed by atoms with Crippen molar-refractivity contribution in [3.63, 3.8) is 0 Å². The van der Waals surface area contributed by atoms with Gasteiger partial charge in [0.1, 0.15) is 11.6 Å². The van der Waals surface area contributed by atoms with Crippen LogP contribution in [-0.4, -0.2) is 20.4 Å². The number of carbonyl (C=O) groups excluding carboxylic acids is 1. The third kappa shape index (κ3) is 4.39. The second kappa shape index (κ2) is 9.44. The number of fused-ring (bicyclic) bond motifs is 1. The van der Waals surface area contributed by atoms with Crippen LogP contribution in [0.2, 0.25) is 0 Å². The monoisotopic (exact) mass is 482 g/mol. The van der Waals surface area contributed by atoms with Crippen LogP contribution in [0.5, 0.6) is 0 Å². The Morgan fingerprint density at radius 3 is 2.43 bits per heavy atom. The number of benzene rings is 3. The molecule has 3 aromatic carbocycles. The molecule has 0 atom stereocenters. The molecular formula is C27H19FN4O2S. The summed E-state index contributed by atoms with van der Waals surface area (Å²) in [7, 11) is 0. The molecule has 8 heteroatoms. The number of aromatic nitrogens is 3. The molecule has 5 aromatic rings. The maximum atomic E-state index is 14.4. The van der Waals surface area contributed by atoms with E-state index in [9.17, 15) is 14.0 Å². The number of hydrogen-bond donors (Lipinski definition) is 0. The lowest BCUT2D eigenvalue weighted by molar-refractivity contribution is -0.115. The van der Waals surface area contributed by atoms with E-state index in [-0.39, 0.29) is 17.2 Å². The summed E-state index contributed by atoms with van der Waals surface area (Å²) >= 11 is 1.22. The summed E-state index contributed by atoms with van der Waals surface area (Å²) in [6, 6.07) is 22.5. The average Bonchev–Trinajstić information content (AvgIpc) is 3.33. The number of amides is 1. The van der Waals surface area contributed by atoms with Gasteiger partial charge < -0.3 is 0 Å². The molecule has 0 bridgehead atoms. The lowest BCUT2D eigenvalue weighted by atomic mass is 10.2. The highest BCUT2D eigenvalue weighted by Gasteiger charge is 2.20. The molecule has 0 saturated heterocycles. The van der Waals surface area contributed by atoms with E-state index in [0.717, 1.165) is 0 Å². The number of para-hydroxylation sites is 3. The normalized spacial score (nSPS) is 11.3. The lowest BCUT2D eigenvalue weighted by Crippen LogP contribution is -2.23. The van der Waals surface area contributed by atoms with Crippen LogP contribution in [0.4, 0.5) is 15.2 Å². The van der Waals surface area contributed by atoms with Crippen molar-refractivity contribution >= 4 is 51.1 Å². The molecule has 0 unspecified atom stereocenters. The maximum absolute atomic E-state index is 14.4. The lowest BCUT2D eigenvalue weighted by Gasteiger charge is -2.18. The zero-order valence-electron chi connectivity index (χ0n) is 18.6. The number of hydrogen-bond acceptors (Lipinski definition) is 5. The van der Waals surface area contributed by atoms with E-state index in [1.54, 1.807) is 46.4 Å². The molecule has 6 nitrogen and oxygen atoms in total. The molecule has 0 aliphatic rings. The van der Waals surface area contributed by atoms with Crippen molar-refractivity contribution < 1.29 is 9.18 Å². The van der Waals surface area contributed by atoms with E-state index in [2.05, 4.69) is 4.98 Å². The molecule has 0 spiro atoms. The summed E-state index contributed by atoms with van der Waals surface area (Å²) in [5.74, 6) is -0.427. The van der Waals surface area contributed by atoms with Gasteiger partial charge in [0.2, 0.25) is 5.91 Å². The summed E-state index contributed by atoms with van der Waals surface area (Å²) in [6.07, 6.45) is 3.43. The Morgan fingerprint density at radius 2 is 1.66 bits per heavy atom. The van der Waals surface area contributed by atoms with Crippen LogP contribution in [0.1, 0.15) is 18.4 Å². The van der Waals surface area contributed by atoms with E-state index in [0.29, 0.717) is 33.2 Å². The summed E-state index contributed by atoms with van der Waals surface area (Å²) in [6.45, 7) is 1.36. The molecule has 1 amide bonds. The SMILES string of the molecule is CC(=O)N(c1nc(C=Cc2nc3ccccc3c(=O)n2-c2ccccc2)cs1)c1ccccc1F. The Kier molecular flexibility index (Phi) is 6.03. The second-order valence-electron chi connectivity index (χ2n) is 7.66. The van der Waals surface area contributed by atoms with Crippen molar-refractivity contribution in [1.29, 1.82) is 0 Å². The van der Waals surface area contributed by atoms with Crippen molar-refractivity contribution in [2.75, 3.05) is 4.90 Å². The smallest absolute Gasteiger partial charge is 0.266 e. The van der Waals surface area contributed by atoms with Gasteiger partial charge in [-0.15, -0.1) is 11.3 Å². The molecular weight excluding hydrogens is 463 g/mol. The van der Waals surface area contributed by atoms with E-state index < -0.39 is 5.82 Å². The fourth-order valence-electron chi connectivity index (χ4n) is 3.74. The fourth-order valence-corrected chi connectivity index (χ4v) is 4.59. The van der Waals surface area contributed by atoms with Gasteiger partial charge in [-0.25, -0.2) is 14.4 Å². The molecule has 5 rings (SSSR count). The zero-order chi connectivity index (χ0) is 24.4. The number of nitrogens with zero attached hydrogens (tertiary/aromatic N) is 4. The van der Waals surface area contributed by atoms with Crippen LogP contribution in [0.3, 0.4) is 0 Å². The Morgan fingerprint density at radius 1 is 0.943 bits per heavy atom. The van der Waals surface area contributed by atoms with Crippen LogP contribution < -0.4 is 10.5 Å². The second-order valence-corrected chi connectivity index (χ2v) is 8.49. The molecule has 172 valence electrons. The molecule has 35 heavy (non-hydrogen) atoms. The van der Waals surface area contributed by atoms with Crippen LogP contribution in [-0.2, 0) is 4.79 Å². The highest BCUT2D eigenvalue weighted by Crippen LogP contribution is 2.31. The largest absolute Gasteiger partial charge is 0.274 e. The Labute approximate surface area is 204 Å². The number of thiazole rings is 1. The van der Waals surface area contributed by atoms with Gasteiger partial charge in [0, 0.05) is 12.3 Å². The van der Waals surface area contributed by atoms with Crippen molar-refractivity contribution in [1.82, 2.24) is 14.5 Å². The van der Waals surface area contributed by atoms with Gasteiger partial charge in [-0.1, -0.05) is 42.5 Å². The van der Waals surface area contributed by atoms with Crippen molar-refractivity contribution in [2.24, 2.45) is 0 Å². The standard InChI is InChI=1S/C27H19FN4O2S/c1-18(33)31(24-14-8-6-12-22(24)28)27-29-19(17-35-27)15-16-25-30-23-13-7-5-11-21(23)26(34)32(25)20-9-3-2-4-10-20/h2-17H,1H3. The van der Waals surface area contributed by atoms with Crippen LogP contribution in [0.25, 0.3) is 28.7 Å². The van der Waals surface area contributed by atoms with E-state index in [1.807, 2.05) is 42.5 Å². The molecule has 2 aromatic heterocycles. The molecule has 0 aliphatic heterocycles. The summed E-state index contributed by atoms with van der Waals surface area (Å²) in [5, 5.41) is 2.62. The first-order valence-corrected chi connectivity index (χ1v) is 11.7. The number of rotatable bonds is 5. The summed E-state index contributed by atoms with van der Waals surface area (Å²) in [5.41, 5.74) is 1.79. The third-order valence-electron chi connectivity index (χ3n) is 5.33. The number of anilines is 2. The quantitative estimate of drug-likeness (QED) is 0.316. The number of carbonyl (C=O) groups is 1. The summed E-state index contributed by atoms with van der Waals surface area (Å²) < 4.78 is 15.9. The van der Waals surface area contributed by atoms with Gasteiger partial charge in [-0.05, 0) is 48.6 Å². The Bertz CT molecular complexity index is 1630. The average molecular weight is 483 g/mol.